The van der Waals surface area contributed by atoms with Gasteiger partial charge in [0.1, 0.15) is 11.5 Å². The van der Waals surface area contributed by atoms with E-state index >= 15 is 0 Å². The van der Waals surface area contributed by atoms with Crippen LogP contribution < -0.4 is 10.1 Å². The number of aryl methyl sites for hydroxylation is 1. The summed E-state index contributed by atoms with van der Waals surface area (Å²) < 4.78 is 35.1. The number of anilines is 1. The molecule has 0 unspecified atom stereocenters. The molecule has 0 spiro atoms. The van der Waals surface area contributed by atoms with Gasteiger partial charge in [-0.25, -0.2) is 8.42 Å². The Morgan fingerprint density at radius 3 is 2.12 bits per heavy atom. The molecule has 0 radical (unpaired) electrons. The molecule has 3 aromatic carbocycles. The molecule has 0 aromatic heterocycles. The van der Waals surface area contributed by atoms with Crippen molar-refractivity contribution < 1.29 is 27.5 Å². The summed E-state index contributed by atoms with van der Waals surface area (Å²) in [5.74, 6) is -0.380. The largest absolute Gasteiger partial charge is 0.457 e. The maximum atomic E-state index is 12.3. The van der Waals surface area contributed by atoms with Crippen molar-refractivity contribution >= 4 is 27.4 Å². The summed E-state index contributed by atoms with van der Waals surface area (Å²) in [4.78, 5) is 24.0. The van der Waals surface area contributed by atoms with Gasteiger partial charge in [-0.3, -0.25) is 9.59 Å². The minimum Gasteiger partial charge on any atom is -0.457 e. The first-order valence-electron chi connectivity index (χ1n) is 9.90. The zero-order valence-electron chi connectivity index (χ0n) is 17.5. The minimum absolute atomic E-state index is 0.147. The lowest BCUT2D eigenvalue weighted by atomic mass is 10.2. The van der Waals surface area contributed by atoms with Crippen LogP contribution in [0.25, 0.3) is 0 Å². The van der Waals surface area contributed by atoms with Crippen molar-refractivity contribution in [1.82, 2.24) is 0 Å². The van der Waals surface area contributed by atoms with Crippen LogP contribution in [0.3, 0.4) is 0 Å². The Morgan fingerprint density at radius 1 is 0.844 bits per heavy atom. The lowest BCUT2D eigenvalue weighted by Crippen LogP contribution is -2.22. The summed E-state index contributed by atoms with van der Waals surface area (Å²) >= 11 is 0. The maximum Gasteiger partial charge on any atom is 0.307 e. The Kier molecular flexibility index (Phi) is 7.62. The normalized spacial score (nSPS) is 10.9. The van der Waals surface area contributed by atoms with Gasteiger partial charge in [-0.1, -0.05) is 35.9 Å². The summed E-state index contributed by atoms with van der Waals surface area (Å²) in [5, 5.41) is 2.60. The molecule has 8 heteroatoms. The molecule has 0 saturated carbocycles. The quantitative estimate of drug-likeness (QED) is 0.489. The molecule has 3 rings (SSSR count). The van der Waals surface area contributed by atoms with Crippen molar-refractivity contribution in [2.24, 2.45) is 0 Å². The number of para-hydroxylation sites is 1. The van der Waals surface area contributed by atoms with Gasteiger partial charge in [-0.2, -0.15) is 0 Å². The third kappa shape index (κ3) is 6.95. The molecule has 1 N–H and O–H groups in total. The number of rotatable bonds is 9. The highest BCUT2D eigenvalue weighted by Gasteiger charge is 2.17. The van der Waals surface area contributed by atoms with E-state index in [1.165, 1.54) is 12.1 Å². The molecule has 0 fully saturated rings. The van der Waals surface area contributed by atoms with Gasteiger partial charge in [-0.15, -0.1) is 0 Å². The third-order valence-electron chi connectivity index (χ3n) is 4.44. The van der Waals surface area contributed by atoms with Gasteiger partial charge in [0.25, 0.3) is 5.91 Å². The Balaban J connectivity index is 1.42. The van der Waals surface area contributed by atoms with Gasteiger partial charge in [0, 0.05) is 5.69 Å². The third-order valence-corrected chi connectivity index (χ3v) is 6.17. The van der Waals surface area contributed by atoms with Crippen LogP contribution in [-0.4, -0.2) is 32.7 Å². The van der Waals surface area contributed by atoms with E-state index in [-0.39, 0.29) is 17.1 Å². The van der Waals surface area contributed by atoms with Gasteiger partial charge in [-0.05, 0) is 55.5 Å². The number of hydrogen-bond donors (Lipinski definition) is 1. The fourth-order valence-electron chi connectivity index (χ4n) is 2.73. The highest BCUT2D eigenvalue weighted by molar-refractivity contribution is 7.91. The highest BCUT2D eigenvalue weighted by atomic mass is 32.2. The van der Waals surface area contributed by atoms with Gasteiger partial charge in [0.05, 0.1) is 17.1 Å². The average molecular weight is 454 g/mol. The van der Waals surface area contributed by atoms with Crippen LogP contribution in [0.5, 0.6) is 11.5 Å². The van der Waals surface area contributed by atoms with Crippen molar-refractivity contribution in [1.29, 1.82) is 0 Å². The number of esters is 1. The number of carbonyl (C=O) groups is 2. The van der Waals surface area contributed by atoms with E-state index in [1.54, 1.807) is 36.4 Å². The molecule has 0 saturated heterocycles. The zero-order valence-corrected chi connectivity index (χ0v) is 18.3. The van der Waals surface area contributed by atoms with Crippen LogP contribution in [-0.2, 0) is 24.2 Å². The van der Waals surface area contributed by atoms with Gasteiger partial charge >= 0.3 is 5.97 Å². The van der Waals surface area contributed by atoms with Crippen molar-refractivity contribution in [3.8, 4) is 11.5 Å². The van der Waals surface area contributed by atoms with Crippen molar-refractivity contribution in [2.75, 3.05) is 17.7 Å². The van der Waals surface area contributed by atoms with Crippen LogP contribution in [0.15, 0.2) is 83.8 Å². The lowest BCUT2D eigenvalue weighted by Gasteiger charge is -2.09. The van der Waals surface area contributed by atoms with E-state index < -0.39 is 28.3 Å². The second-order valence-corrected chi connectivity index (χ2v) is 9.14. The smallest absolute Gasteiger partial charge is 0.307 e. The molecule has 0 atom stereocenters. The number of ether oxygens (including phenoxy) is 2. The molecule has 7 nitrogen and oxygen atoms in total. The summed E-state index contributed by atoms with van der Waals surface area (Å²) in [6, 6.07) is 22.4. The maximum absolute atomic E-state index is 12.3. The molecular weight excluding hydrogens is 430 g/mol. The molecular formula is C24H23NO6S. The molecule has 32 heavy (non-hydrogen) atoms. The summed E-state index contributed by atoms with van der Waals surface area (Å²) in [5.41, 5.74) is 1.45. The predicted octanol–water partition coefficient (Wildman–Crippen LogP) is 4.13. The first-order chi connectivity index (χ1) is 15.3. The SMILES string of the molecule is Cc1ccc(S(=O)(=O)CCC(=O)OCC(=O)Nc2ccc(Oc3ccccc3)cc2)cc1. The van der Waals surface area contributed by atoms with Crippen molar-refractivity contribution in [3.05, 3.63) is 84.4 Å². The Hall–Kier alpha value is -3.65. The first kappa shape index (κ1) is 23.0. The topological polar surface area (TPSA) is 98.8 Å². The molecule has 0 aliphatic heterocycles. The fraction of sp³-hybridized carbons (Fsp3) is 0.167. The van der Waals surface area contributed by atoms with E-state index in [0.717, 1.165) is 5.56 Å². The summed E-state index contributed by atoms with van der Waals surface area (Å²) in [6.07, 6.45) is -0.338. The van der Waals surface area contributed by atoms with E-state index in [1.807, 2.05) is 37.3 Å². The van der Waals surface area contributed by atoms with Crippen LogP contribution in [0.1, 0.15) is 12.0 Å². The van der Waals surface area contributed by atoms with Crippen LogP contribution in [0.4, 0.5) is 5.69 Å². The average Bonchev–Trinajstić information content (AvgIpc) is 2.79. The predicted molar refractivity (Wildman–Crippen MR) is 120 cm³/mol. The molecule has 166 valence electrons. The Morgan fingerprint density at radius 2 is 1.47 bits per heavy atom. The molecule has 0 aliphatic rings. The second-order valence-electron chi connectivity index (χ2n) is 7.03. The van der Waals surface area contributed by atoms with E-state index in [9.17, 15) is 18.0 Å². The monoisotopic (exact) mass is 453 g/mol. The number of hydrogen-bond acceptors (Lipinski definition) is 6. The molecule has 0 heterocycles. The molecule has 3 aromatic rings. The number of amides is 1. The Bertz CT molecular complexity index is 1160. The van der Waals surface area contributed by atoms with E-state index in [0.29, 0.717) is 17.2 Å². The number of sulfone groups is 1. The lowest BCUT2D eigenvalue weighted by molar-refractivity contribution is -0.146. The summed E-state index contributed by atoms with van der Waals surface area (Å²) in [7, 11) is -3.60. The second kappa shape index (κ2) is 10.6. The van der Waals surface area contributed by atoms with E-state index in [2.05, 4.69) is 5.32 Å². The van der Waals surface area contributed by atoms with Crippen LogP contribution in [0.2, 0.25) is 0 Å². The van der Waals surface area contributed by atoms with E-state index in [4.69, 9.17) is 9.47 Å². The van der Waals surface area contributed by atoms with Gasteiger partial charge < -0.3 is 14.8 Å². The van der Waals surface area contributed by atoms with Crippen LogP contribution in [0, 0.1) is 6.92 Å². The number of carbonyl (C=O) groups excluding carboxylic acids is 2. The standard InChI is InChI=1S/C24H23NO6S/c1-18-7-13-22(14-8-18)32(28,29)16-15-24(27)30-17-23(26)25-19-9-11-21(12-10-19)31-20-5-3-2-4-6-20/h2-14H,15-17H2,1H3,(H,25,26). The van der Waals surface area contributed by atoms with Gasteiger partial charge in [0.15, 0.2) is 16.4 Å². The molecule has 1 amide bonds. The van der Waals surface area contributed by atoms with Crippen LogP contribution >= 0.6 is 0 Å². The molecule has 0 aliphatic carbocycles. The fourth-order valence-corrected chi connectivity index (χ4v) is 3.95. The minimum atomic E-state index is -3.60. The van der Waals surface area contributed by atoms with Gasteiger partial charge in [0.2, 0.25) is 0 Å². The first-order valence-corrected chi connectivity index (χ1v) is 11.5. The Labute approximate surface area is 186 Å². The highest BCUT2D eigenvalue weighted by Crippen LogP contribution is 2.22. The van der Waals surface area contributed by atoms with Crippen molar-refractivity contribution in [3.63, 3.8) is 0 Å². The molecule has 0 bridgehead atoms. The summed E-state index contributed by atoms with van der Waals surface area (Å²) in [6.45, 7) is 1.34. The number of nitrogens with one attached hydrogen (secondary N) is 1. The van der Waals surface area contributed by atoms with Crippen molar-refractivity contribution in [2.45, 2.75) is 18.2 Å². The zero-order chi connectivity index (χ0) is 23.0. The number of benzene rings is 3.